The van der Waals surface area contributed by atoms with Crippen molar-refractivity contribution in [1.29, 1.82) is 0 Å². The molecule has 1 aromatic carbocycles. The lowest BCUT2D eigenvalue weighted by atomic mass is 10.0. The van der Waals surface area contributed by atoms with Crippen LogP contribution in [-0.4, -0.2) is 16.6 Å². The first-order valence-electron chi connectivity index (χ1n) is 7.41. The topological polar surface area (TPSA) is 45.1 Å². The van der Waals surface area contributed by atoms with Gasteiger partial charge in [0.25, 0.3) is 0 Å². The van der Waals surface area contributed by atoms with Crippen molar-refractivity contribution in [3.63, 3.8) is 0 Å². The van der Waals surface area contributed by atoms with Crippen LogP contribution in [0.15, 0.2) is 42.7 Å². The van der Waals surface area contributed by atoms with Crippen molar-refractivity contribution < 1.29 is 5.11 Å². The van der Waals surface area contributed by atoms with Gasteiger partial charge in [-0.15, -0.1) is 0 Å². The van der Waals surface area contributed by atoms with Gasteiger partial charge in [0.2, 0.25) is 0 Å². The number of nitrogens with zero attached hydrogens (tertiary/aromatic N) is 1. The molecule has 3 rings (SSSR count). The van der Waals surface area contributed by atoms with Gasteiger partial charge in [-0.1, -0.05) is 29.3 Å². The summed E-state index contributed by atoms with van der Waals surface area (Å²) in [5, 5.41) is 14.9. The van der Waals surface area contributed by atoms with Crippen molar-refractivity contribution in [3.05, 3.63) is 63.9 Å². The summed E-state index contributed by atoms with van der Waals surface area (Å²) >= 11 is 12.1. The molecule has 1 heterocycles. The SMILES string of the molecule is OC(CNC(c1ccc(Cl)c(Cl)c1)C1CC1)c1ccncc1. The highest BCUT2D eigenvalue weighted by Gasteiger charge is 2.32. The quantitative estimate of drug-likeness (QED) is 0.832. The molecule has 22 heavy (non-hydrogen) atoms. The monoisotopic (exact) mass is 336 g/mol. The summed E-state index contributed by atoms with van der Waals surface area (Å²) in [6, 6.07) is 9.61. The van der Waals surface area contributed by atoms with Crippen molar-refractivity contribution in [2.45, 2.75) is 25.0 Å². The molecule has 0 bridgehead atoms. The third kappa shape index (κ3) is 3.79. The maximum atomic E-state index is 10.3. The van der Waals surface area contributed by atoms with E-state index in [2.05, 4.69) is 10.3 Å². The Morgan fingerprint density at radius 3 is 2.45 bits per heavy atom. The van der Waals surface area contributed by atoms with Gasteiger partial charge >= 0.3 is 0 Å². The van der Waals surface area contributed by atoms with Gasteiger partial charge in [0.05, 0.1) is 16.1 Å². The molecule has 0 aliphatic heterocycles. The normalized spacial score (nSPS) is 17.2. The minimum absolute atomic E-state index is 0.200. The van der Waals surface area contributed by atoms with Crippen LogP contribution in [0.2, 0.25) is 10.0 Å². The Balaban J connectivity index is 1.68. The fourth-order valence-corrected chi connectivity index (χ4v) is 2.94. The van der Waals surface area contributed by atoms with Crippen LogP contribution in [0.1, 0.15) is 36.1 Å². The van der Waals surface area contributed by atoms with Crippen molar-refractivity contribution in [2.75, 3.05) is 6.54 Å². The average molecular weight is 337 g/mol. The molecule has 2 atom stereocenters. The number of hydrogen-bond donors (Lipinski definition) is 2. The number of pyridine rings is 1. The van der Waals surface area contributed by atoms with Crippen molar-refractivity contribution in [1.82, 2.24) is 10.3 Å². The largest absolute Gasteiger partial charge is 0.387 e. The zero-order valence-electron chi connectivity index (χ0n) is 12.0. The Hall–Kier alpha value is -1.13. The summed E-state index contributed by atoms with van der Waals surface area (Å²) in [5.74, 6) is 0.599. The number of aromatic nitrogens is 1. The maximum Gasteiger partial charge on any atom is 0.0915 e. The van der Waals surface area contributed by atoms with E-state index in [1.165, 1.54) is 12.8 Å². The van der Waals surface area contributed by atoms with Gasteiger partial charge < -0.3 is 10.4 Å². The van der Waals surface area contributed by atoms with E-state index in [9.17, 15) is 5.11 Å². The van der Waals surface area contributed by atoms with Gasteiger partial charge in [0.15, 0.2) is 0 Å². The smallest absolute Gasteiger partial charge is 0.0915 e. The summed E-state index contributed by atoms with van der Waals surface area (Å²) < 4.78 is 0. The number of hydrogen-bond acceptors (Lipinski definition) is 3. The van der Waals surface area contributed by atoms with Gasteiger partial charge in [-0.2, -0.15) is 0 Å². The Bertz CT molecular complexity index is 632. The molecule has 1 saturated carbocycles. The molecular formula is C17H18Cl2N2O. The average Bonchev–Trinajstić information content (AvgIpc) is 3.36. The Morgan fingerprint density at radius 1 is 1.09 bits per heavy atom. The Morgan fingerprint density at radius 2 is 1.82 bits per heavy atom. The summed E-state index contributed by atoms with van der Waals surface area (Å²) in [7, 11) is 0. The molecule has 0 amide bonds. The lowest BCUT2D eigenvalue weighted by molar-refractivity contribution is 0.168. The van der Waals surface area contributed by atoms with E-state index in [0.717, 1.165) is 11.1 Å². The molecule has 1 aromatic heterocycles. The summed E-state index contributed by atoms with van der Waals surface area (Å²) in [5.41, 5.74) is 1.99. The first-order chi connectivity index (χ1) is 10.6. The molecule has 2 unspecified atom stereocenters. The van der Waals surface area contributed by atoms with Crippen LogP contribution in [0.4, 0.5) is 0 Å². The zero-order chi connectivity index (χ0) is 15.5. The molecular weight excluding hydrogens is 319 g/mol. The standard InChI is InChI=1S/C17H18Cl2N2O/c18-14-4-3-13(9-15(14)19)17(12-1-2-12)21-10-16(22)11-5-7-20-8-6-11/h3-9,12,16-17,21-22H,1-2,10H2. The predicted molar refractivity (Wildman–Crippen MR) is 89.1 cm³/mol. The summed E-state index contributed by atoms with van der Waals surface area (Å²) in [4.78, 5) is 3.97. The lowest BCUT2D eigenvalue weighted by Gasteiger charge is -2.21. The third-order valence-corrected chi connectivity index (χ3v) is 4.76. The summed E-state index contributed by atoms with van der Waals surface area (Å²) in [6.07, 6.45) is 5.23. The van der Waals surface area contributed by atoms with Crippen molar-refractivity contribution in [3.8, 4) is 0 Å². The number of aliphatic hydroxyl groups is 1. The molecule has 2 N–H and O–H groups in total. The molecule has 1 aliphatic carbocycles. The minimum Gasteiger partial charge on any atom is -0.387 e. The molecule has 5 heteroatoms. The molecule has 3 nitrogen and oxygen atoms in total. The third-order valence-electron chi connectivity index (χ3n) is 4.02. The van der Waals surface area contributed by atoms with Crippen LogP contribution < -0.4 is 5.32 Å². The highest BCUT2D eigenvalue weighted by atomic mass is 35.5. The minimum atomic E-state index is -0.549. The van der Waals surface area contributed by atoms with E-state index in [1.54, 1.807) is 12.4 Å². The number of halogens is 2. The molecule has 0 radical (unpaired) electrons. The second kappa shape index (κ2) is 6.97. The van der Waals surface area contributed by atoms with E-state index in [0.29, 0.717) is 22.5 Å². The second-order valence-electron chi connectivity index (χ2n) is 5.69. The lowest BCUT2D eigenvalue weighted by Crippen LogP contribution is -2.28. The molecule has 1 aliphatic rings. The Kier molecular flexibility index (Phi) is 4.99. The molecule has 0 saturated heterocycles. The number of benzene rings is 1. The van der Waals surface area contributed by atoms with Crippen LogP contribution in [0.5, 0.6) is 0 Å². The van der Waals surface area contributed by atoms with Gasteiger partial charge in [0.1, 0.15) is 0 Å². The van der Waals surface area contributed by atoms with Gasteiger partial charge in [-0.3, -0.25) is 4.98 Å². The van der Waals surface area contributed by atoms with E-state index < -0.39 is 6.10 Å². The second-order valence-corrected chi connectivity index (χ2v) is 6.51. The molecule has 116 valence electrons. The highest BCUT2D eigenvalue weighted by molar-refractivity contribution is 6.42. The van der Waals surface area contributed by atoms with Crippen LogP contribution >= 0.6 is 23.2 Å². The van der Waals surface area contributed by atoms with E-state index in [1.807, 2.05) is 30.3 Å². The molecule has 1 fully saturated rings. The van der Waals surface area contributed by atoms with E-state index in [4.69, 9.17) is 23.2 Å². The van der Waals surface area contributed by atoms with Crippen LogP contribution in [0, 0.1) is 5.92 Å². The van der Waals surface area contributed by atoms with Crippen LogP contribution in [0.25, 0.3) is 0 Å². The van der Waals surface area contributed by atoms with Gasteiger partial charge in [-0.05, 0) is 54.2 Å². The fraction of sp³-hybridized carbons (Fsp3) is 0.353. The van der Waals surface area contributed by atoms with Crippen LogP contribution in [-0.2, 0) is 0 Å². The zero-order valence-corrected chi connectivity index (χ0v) is 13.6. The Labute approximate surface area is 140 Å². The highest BCUT2D eigenvalue weighted by Crippen LogP contribution is 2.42. The van der Waals surface area contributed by atoms with E-state index in [-0.39, 0.29) is 6.04 Å². The first kappa shape index (κ1) is 15.8. The predicted octanol–water partition coefficient (Wildman–Crippen LogP) is 4.16. The maximum absolute atomic E-state index is 10.3. The first-order valence-corrected chi connectivity index (χ1v) is 8.17. The van der Waals surface area contributed by atoms with Crippen LogP contribution in [0.3, 0.4) is 0 Å². The number of aliphatic hydroxyl groups excluding tert-OH is 1. The van der Waals surface area contributed by atoms with E-state index >= 15 is 0 Å². The number of rotatable bonds is 6. The molecule has 2 aromatic rings. The van der Waals surface area contributed by atoms with Gasteiger partial charge in [0, 0.05) is 25.0 Å². The number of nitrogens with one attached hydrogen (secondary N) is 1. The fourth-order valence-electron chi connectivity index (χ4n) is 2.63. The molecule has 0 spiro atoms. The van der Waals surface area contributed by atoms with Crippen molar-refractivity contribution in [2.24, 2.45) is 5.92 Å². The van der Waals surface area contributed by atoms with Crippen molar-refractivity contribution >= 4 is 23.2 Å². The van der Waals surface area contributed by atoms with Gasteiger partial charge in [-0.25, -0.2) is 0 Å². The summed E-state index contributed by atoms with van der Waals surface area (Å²) in [6.45, 7) is 0.491.